The van der Waals surface area contributed by atoms with E-state index in [2.05, 4.69) is 10.6 Å². The highest BCUT2D eigenvalue weighted by Crippen LogP contribution is 2.22. The fraction of sp³-hybridized carbons (Fsp3) is 0.381. The van der Waals surface area contributed by atoms with E-state index in [1.165, 1.54) is 12.1 Å². The number of hydrogen-bond acceptors (Lipinski definition) is 4. The molecule has 1 heterocycles. The van der Waals surface area contributed by atoms with Gasteiger partial charge in [0.2, 0.25) is 15.9 Å². The van der Waals surface area contributed by atoms with Crippen LogP contribution in [-0.2, 0) is 21.4 Å². The second kappa shape index (κ2) is 9.84. The smallest absolute Gasteiger partial charge is 0.243 e. The van der Waals surface area contributed by atoms with Gasteiger partial charge in [-0.15, -0.1) is 0 Å². The monoisotopic (exact) mass is 419 g/mol. The number of nitrogens with zero attached hydrogens (tertiary/aromatic N) is 1. The molecule has 1 amide bonds. The summed E-state index contributed by atoms with van der Waals surface area (Å²) in [6, 6.07) is 12.5. The number of rotatable bonds is 7. The van der Waals surface area contributed by atoms with Crippen molar-refractivity contribution in [1.82, 2.24) is 9.62 Å². The summed E-state index contributed by atoms with van der Waals surface area (Å²) in [6.07, 6.45) is 3.87. The number of hydrogen-bond donors (Lipinski definition) is 2. The van der Waals surface area contributed by atoms with Gasteiger partial charge >= 0.3 is 0 Å². The molecule has 0 aliphatic carbocycles. The summed E-state index contributed by atoms with van der Waals surface area (Å²) in [5.41, 5.74) is 1.36. The van der Waals surface area contributed by atoms with Gasteiger partial charge in [-0.3, -0.25) is 4.79 Å². The van der Waals surface area contributed by atoms with Gasteiger partial charge in [0.1, 0.15) is 5.82 Å². The molecule has 6 nitrogen and oxygen atoms in total. The molecule has 8 heteroatoms. The lowest BCUT2D eigenvalue weighted by Gasteiger charge is -2.20. The van der Waals surface area contributed by atoms with Crippen molar-refractivity contribution in [2.75, 3.05) is 25.0 Å². The van der Waals surface area contributed by atoms with E-state index in [-0.39, 0.29) is 23.2 Å². The Morgan fingerprint density at radius 2 is 1.69 bits per heavy atom. The zero-order chi connectivity index (χ0) is 20.7. The van der Waals surface area contributed by atoms with Crippen LogP contribution in [0.5, 0.6) is 0 Å². The van der Waals surface area contributed by atoms with Gasteiger partial charge < -0.3 is 10.6 Å². The predicted octanol–water partition coefficient (Wildman–Crippen LogP) is 3.12. The third-order valence-corrected chi connectivity index (χ3v) is 6.79. The Kier molecular flexibility index (Phi) is 7.22. The van der Waals surface area contributed by atoms with E-state index < -0.39 is 10.0 Å². The van der Waals surface area contributed by atoms with Crippen LogP contribution in [-0.4, -0.2) is 38.3 Å². The van der Waals surface area contributed by atoms with Gasteiger partial charge in [-0.25, -0.2) is 12.8 Å². The molecule has 0 aromatic heterocycles. The van der Waals surface area contributed by atoms with Crippen molar-refractivity contribution in [3.05, 3.63) is 59.9 Å². The van der Waals surface area contributed by atoms with Crippen molar-refractivity contribution in [3.63, 3.8) is 0 Å². The van der Waals surface area contributed by atoms with Crippen molar-refractivity contribution in [2.45, 2.75) is 37.1 Å². The summed E-state index contributed by atoms with van der Waals surface area (Å²) in [5.74, 6) is -0.563. The highest BCUT2D eigenvalue weighted by molar-refractivity contribution is 7.89. The first-order chi connectivity index (χ1) is 13.9. The van der Waals surface area contributed by atoms with Gasteiger partial charge in [-0.2, -0.15) is 4.31 Å². The molecule has 0 spiro atoms. The standard InChI is InChI=1S/C21H26FN3O3S/c22-18-10-8-17(9-11-18)15-24-21(26)16-23-19-6-5-7-20(14-19)29(27,28)25-12-3-1-2-4-13-25/h5-11,14,23H,1-4,12-13,15-16H2,(H,24,26). The molecule has 0 atom stereocenters. The Morgan fingerprint density at radius 1 is 1.00 bits per heavy atom. The molecule has 0 radical (unpaired) electrons. The molecular formula is C21H26FN3O3S. The first-order valence-corrected chi connectivity index (χ1v) is 11.2. The SMILES string of the molecule is O=C(CNc1cccc(S(=O)(=O)N2CCCCCC2)c1)NCc1ccc(F)cc1. The lowest BCUT2D eigenvalue weighted by molar-refractivity contribution is -0.119. The minimum atomic E-state index is -3.53. The molecule has 156 valence electrons. The van der Waals surface area contributed by atoms with Crippen LogP contribution >= 0.6 is 0 Å². The molecule has 0 bridgehead atoms. The van der Waals surface area contributed by atoms with E-state index >= 15 is 0 Å². The molecule has 1 aliphatic heterocycles. The normalized spacial score (nSPS) is 15.5. The fourth-order valence-corrected chi connectivity index (χ4v) is 4.81. The summed E-state index contributed by atoms with van der Waals surface area (Å²) in [7, 11) is -3.53. The van der Waals surface area contributed by atoms with Crippen LogP contribution in [0.1, 0.15) is 31.2 Å². The van der Waals surface area contributed by atoms with E-state index in [0.29, 0.717) is 25.3 Å². The van der Waals surface area contributed by atoms with Crippen LogP contribution in [0.25, 0.3) is 0 Å². The summed E-state index contributed by atoms with van der Waals surface area (Å²) >= 11 is 0. The summed E-state index contributed by atoms with van der Waals surface area (Å²) < 4.78 is 40.3. The number of nitrogens with one attached hydrogen (secondary N) is 2. The molecule has 2 aromatic rings. The molecule has 29 heavy (non-hydrogen) atoms. The van der Waals surface area contributed by atoms with Crippen LogP contribution < -0.4 is 10.6 Å². The van der Waals surface area contributed by atoms with Crippen LogP contribution in [0.4, 0.5) is 10.1 Å². The Hall–Kier alpha value is -2.45. The van der Waals surface area contributed by atoms with Crippen molar-refractivity contribution < 1.29 is 17.6 Å². The number of halogens is 1. The zero-order valence-corrected chi connectivity index (χ0v) is 17.1. The molecular weight excluding hydrogens is 393 g/mol. The maximum Gasteiger partial charge on any atom is 0.243 e. The maximum absolute atomic E-state index is 12.9. The molecule has 0 unspecified atom stereocenters. The highest BCUT2D eigenvalue weighted by Gasteiger charge is 2.25. The summed E-state index contributed by atoms with van der Waals surface area (Å²) in [5, 5.41) is 5.70. The number of amides is 1. The number of carbonyl (C=O) groups is 1. The second-order valence-electron chi connectivity index (χ2n) is 7.10. The Balaban J connectivity index is 1.56. The summed E-state index contributed by atoms with van der Waals surface area (Å²) in [6.45, 7) is 1.40. The largest absolute Gasteiger partial charge is 0.376 e. The van der Waals surface area contributed by atoms with E-state index in [0.717, 1.165) is 31.2 Å². The first-order valence-electron chi connectivity index (χ1n) is 9.80. The topological polar surface area (TPSA) is 78.5 Å². The minimum absolute atomic E-state index is 0.00834. The van der Waals surface area contributed by atoms with Gasteiger partial charge in [0, 0.05) is 25.3 Å². The van der Waals surface area contributed by atoms with Crippen LogP contribution in [0.3, 0.4) is 0 Å². The van der Waals surface area contributed by atoms with Crippen LogP contribution in [0.15, 0.2) is 53.4 Å². The quantitative estimate of drug-likeness (QED) is 0.723. The lowest BCUT2D eigenvalue weighted by Crippen LogP contribution is -2.32. The van der Waals surface area contributed by atoms with E-state index in [9.17, 15) is 17.6 Å². The zero-order valence-electron chi connectivity index (χ0n) is 16.2. The van der Waals surface area contributed by atoms with Gasteiger partial charge in [-0.05, 0) is 48.7 Å². The van der Waals surface area contributed by atoms with Gasteiger partial charge in [0.05, 0.1) is 11.4 Å². The van der Waals surface area contributed by atoms with Crippen molar-refractivity contribution in [3.8, 4) is 0 Å². The molecule has 1 fully saturated rings. The average Bonchev–Trinajstić information content (AvgIpc) is 3.02. The van der Waals surface area contributed by atoms with E-state index in [1.54, 1.807) is 40.7 Å². The maximum atomic E-state index is 12.9. The lowest BCUT2D eigenvalue weighted by atomic mass is 10.2. The Bertz CT molecular complexity index is 924. The van der Waals surface area contributed by atoms with Crippen molar-refractivity contribution in [2.24, 2.45) is 0 Å². The highest BCUT2D eigenvalue weighted by atomic mass is 32.2. The molecule has 2 N–H and O–H groups in total. The molecule has 1 aliphatic rings. The molecule has 0 saturated carbocycles. The third kappa shape index (κ3) is 6.01. The average molecular weight is 420 g/mol. The van der Waals surface area contributed by atoms with Crippen LogP contribution in [0.2, 0.25) is 0 Å². The first kappa shape index (κ1) is 21.3. The van der Waals surface area contributed by atoms with Gasteiger partial charge in [0.25, 0.3) is 0 Å². The van der Waals surface area contributed by atoms with Gasteiger partial charge in [0.15, 0.2) is 0 Å². The van der Waals surface area contributed by atoms with E-state index in [4.69, 9.17) is 0 Å². The molecule has 3 rings (SSSR count). The summed E-state index contributed by atoms with van der Waals surface area (Å²) in [4.78, 5) is 12.3. The Labute approximate surface area is 171 Å². The fourth-order valence-electron chi connectivity index (χ4n) is 3.25. The van der Waals surface area contributed by atoms with Crippen molar-refractivity contribution >= 4 is 21.6 Å². The number of anilines is 1. The van der Waals surface area contributed by atoms with Crippen molar-refractivity contribution in [1.29, 1.82) is 0 Å². The minimum Gasteiger partial charge on any atom is -0.376 e. The Morgan fingerprint density at radius 3 is 2.38 bits per heavy atom. The number of carbonyl (C=O) groups excluding carboxylic acids is 1. The molecule has 1 saturated heterocycles. The number of benzene rings is 2. The second-order valence-corrected chi connectivity index (χ2v) is 9.04. The third-order valence-electron chi connectivity index (χ3n) is 4.89. The molecule has 2 aromatic carbocycles. The van der Waals surface area contributed by atoms with Gasteiger partial charge in [-0.1, -0.05) is 31.0 Å². The van der Waals surface area contributed by atoms with E-state index in [1.807, 2.05) is 0 Å². The number of sulfonamides is 1. The van der Waals surface area contributed by atoms with Crippen LogP contribution in [0, 0.1) is 5.82 Å². The predicted molar refractivity (Wildman–Crippen MR) is 110 cm³/mol.